The van der Waals surface area contributed by atoms with E-state index >= 15 is 0 Å². The molecular formula is C14H22N2O. The van der Waals surface area contributed by atoms with Gasteiger partial charge in [0.25, 0.3) is 0 Å². The first-order valence-electron chi connectivity index (χ1n) is 6.57. The van der Waals surface area contributed by atoms with E-state index in [0.29, 0.717) is 12.6 Å². The smallest absolute Gasteiger partial charge is 0.137 e. The van der Waals surface area contributed by atoms with Crippen LogP contribution in [0.25, 0.3) is 0 Å². The van der Waals surface area contributed by atoms with Crippen LogP contribution in [0.2, 0.25) is 0 Å². The first-order valence-corrected chi connectivity index (χ1v) is 6.57. The standard InChI is InChI=1S/C14H22N2O/c1-3-17-13-8-11(9-16-10-13)4-7-14(15-2)12-5-6-12/h8-10,12,14-15H,3-7H2,1-2H3. The number of nitrogens with zero attached hydrogens (tertiary/aromatic N) is 1. The molecule has 1 aromatic heterocycles. The van der Waals surface area contributed by atoms with Crippen LogP contribution in [0.1, 0.15) is 31.7 Å². The average Bonchev–Trinajstić information content (AvgIpc) is 3.15. The van der Waals surface area contributed by atoms with Crippen molar-refractivity contribution in [3.05, 3.63) is 24.0 Å². The van der Waals surface area contributed by atoms with E-state index in [2.05, 4.69) is 23.4 Å². The number of rotatable bonds is 7. The van der Waals surface area contributed by atoms with E-state index in [1.165, 1.54) is 24.8 Å². The zero-order valence-electron chi connectivity index (χ0n) is 10.8. The molecule has 1 N–H and O–H groups in total. The van der Waals surface area contributed by atoms with Gasteiger partial charge in [0, 0.05) is 12.2 Å². The minimum atomic E-state index is 0.672. The van der Waals surface area contributed by atoms with Crippen LogP contribution in [-0.4, -0.2) is 24.7 Å². The first kappa shape index (κ1) is 12.4. The second kappa shape index (κ2) is 6.01. The Bertz CT molecular complexity index is 350. The number of aryl methyl sites for hydroxylation is 1. The maximum atomic E-state index is 5.46. The molecule has 1 heterocycles. The van der Waals surface area contributed by atoms with Gasteiger partial charge in [-0.1, -0.05) is 0 Å². The Labute approximate surface area is 104 Å². The summed E-state index contributed by atoms with van der Waals surface area (Å²) < 4.78 is 5.46. The van der Waals surface area contributed by atoms with Gasteiger partial charge in [-0.05, 0) is 57.2 Å². The minimum absolute atomic E-state index is 0.672. The fraction of sp³-hybridized carbons (Fsp3) is 0.643. The van der Waals surface area contributed by atoms with E-state index in [1.807, 2.05) is 13.1 Å². The molecule has 1 unspecified atom stereocenters. The van der Waals surface area contributed by atoms with Crippen molar-refractivity contribution in [2.75, 3.05) is 13.7 Å². The molecular weight excluding hydrogens is 212 g/mol. The van der Waals surface area contributed by atoms with Crippen molar-refractivity contribution in [1.29, 1.82) is 0 Å². The lowest BCUT2D eigenvalue weighted by Crippen LogP contribution is -2.27. The number of nitrogens with one attached hydrogen (secondary N) is 1. The number of hydrogen-bond acceptors (Lipinski definition) is 3. The highest BCUT2D eigenvalue weighted by molar-refractivity contribution is 5.23. The van der Waals surface area contributed by atoms with Gasteiger partial charge in [-0.15, -0.1) is 0 Å². The molecule has 0 radical (unpaired) electrons. The van der Waals surface area contributed by atoms with Gasteiger partial charge in [0.15, 0.2) is 0 Å². The Morgan fingerprint density at radius 1 is 1.47 bits per heavy atom. The Morgan fingerprint density at radius 3 is 2.94 bits per heavy atom. The molecule has 0 bridgehead atoms. The second-order valence-electron chi connectivity index (χ2n) is 4.73. The lowest BCUT2D eigenvalue weighted by molar-refractivity contribution is 0.338. The van der Waals surface area contributed by atoms with Crippen LogP contribution in [0.4, 0.5) is 0 Å². The molecule has 1 atom stereocenters. The van der Waals surface area contributed by atoms with Crippen LogP contribution in [0.15, 0.2) is 18.5 Å². The predicted octanol–water partition coefficient (Wildman–Crippen LogP) is 2.41. The van der Waals surface area contributed by atoms with Crippen LogP contribution in [0, 0.1) is 5.92 Å². The van der Waals surface area contributed by atoms with Crippen LogP contribution < -0.4 is 10.1 Å². The first-order chi connectivity index (χ1) is 8.33. The monoisotopic (exact) mass is 234 g/mol. The maximum absolute atomic E-state index is 5.46. The van der Waals surface area contributed by atoms with Gasteiger partial charge >= 0.3 is 0 Å². The SMILES string of the molecule is CCOc1cncc(CCC(NC)C2CC2)c1. The minimum Gasteiger partial charge on any atom is -0.492 e. The molecule has 94 valence electrons. The molecule has 0 aliphatic heterocycles. The average molecular weight is 234 g/mol. The van der Waals surface area contributed by atoms with E-state index in [4.69, 9.17) is 4.74 Å². The highest BCUT2D eigenvalue weighted by Crippen LogP contribution is 2.34. The summed E-state index contributed by atoms with van der Waals surface area (Å²) in [6.07, 6.45) is 8.78. The fourth-order valence-electron chi connectivity index (χ4n) is 2.28. The fourth-order valence-corrected chi connectivity index (χ4v) is 2.28. The van der Waals surface area contributed by atoms with E-state index in [1.54, 1.807) is 6.20 Å². The zero-order chi connectivity index (χ0) is 12.1. The van der Waals surface area contributed by atoms with Crippen LogP contribution in [-0.2, 0) is 6.42 Å². The number of hydrogen-bond donors (Lipinski definition) is 1. The summed E-state index contributed by atoms with van der Waals surface area (Å²) in [6.45, 7) is 2.70. The molecule has 1 aromatic rings. The van der Waals surface area contributed by atoms with Gasteiger partial charge in [0.2, 0.25) is 0 Å². The van der Waals surface area contributed by atoms with Gasteiger partial charge in [-0.2, -0.15) is 0 Å². The molecule has 0 saturated heterocycles. The van der Waals surface area contributed by atoms with E-state index < -0.39 is 0 Å². The second-order valence-corrected chi connectivity index (χ2v) is 4.73. The van der Waals surface area contributed by atoms with Gasteiger partial charge in [0.05, 0.1) is 12.8 Å². The number of ether oxygens (including phenoxy) is 1. The summed E-state index contributed by atoms with van der Waals surface area (Å²) in [5.41, 5.74) is 1.27. The summed E-state index contributed by atoms with van der Waals surface area (Å²) in [5, 5.41) is 3.42. The van der Waals surface area contributed by atoms with Gasteiger partial charge in [0.1, 0.15) is 5.75 Å². The van der Waals surface area contributed by atoms with E-state index in [-0.39, 0.29) is 0 Å². The highest BCUT2D eigenvalue weighted by Gasteiger charge is 2.29. The van der Waals surface area contributed by atoms with Crippen LogP contribution >= 0.6 is 0 Å². The van der Waals surface area contributed by atoms with Crippen molar-refractivity contribution in [2.24, 2.45) is 5.92 Å². The van der Waals surface area contributed by atoms with Gasteiger partial charge < -0.3 is 10.1 Å². The summed E-state index contributed by atoms with van der Waals surface area (Å²) in [7, 11) is 2.07. The molecule has 0 amide bonds. The summed E-state index contributed by atoms with van der Waals surface area (Å²) in [6, 6.07) is 2.78. The molecule has 3 nitrogen and oxygen atoms in total. The molecule has 1 saturated carbocycles. The third-order valence-corrected chi connectivity index (χ3v) is 3.39. The lowest BCUT2D eigenvalue weighted by atomic mass is 10.0. The van der Waals surface area contributed by atoms with Crippen molar-refractivity contribution in [1.82, 2.24) is 10.3 Å². The molecule has 1 fully saturated rings. The Hall–Kier alpha value is -1.09. The molecule has 3 heteroatoms. The van der Waals surface area contributed by atoms with Crippen molar-refractivity contribution in [3.8, 4) is 5.75 Å². The third-order valence-electron chi connectivity index (χ3n) is 3.39. The van der Waals surface area contributed by atoms with Gasteiger partial charge in [-0.3, -0.25) is 4.98 Å². The Morgan fingerprint density at radius 2 is 2.29 bits per heavy atom. The van der Waals surface area contributed by atoms with Crippen molar-refractivity contribution >= 4 is 0 Å². The lowest BCUT2D eigenvalue weighted by Gasteiger charge is -2.15. The topological polar surface area (TPSA) is 34.1 Å². The Balaban J connectivity index is 1.86. The molecule has 0 aromatic carbocycles. The number of pyridine rings is 1. The molecule has 1 aliphatic rings. The predicted molar refractivity (Wildman–Crippen MR) is 69.3 cm³/mol. The largest absolute Gasteiger partial charge is 0.492 e. The Kier molecular flexibility index (Phi) is 4.37. The van der Waals surface area contributed by atoms with E-state index in [9.17, 15) is 0 Å². The molecule has 0 spiro atoms. The molecule has 1 aliphatic carbocycles. The highest BCUT2D eigenvalue weighted by atomic mass is 16.5. The van der Waals surface area contributed by atoms with Gasteiger partial charge in [-0.25, -0.2) is 0 Å². The summed E-state index contributed by atoms with van der Waals surface area (Å²) in [4.78, 5) is 4.22. The van der Waals surface area contributed by atoms with Crippen LogP contribution in [0.3, 0.4) is 0 Å². The third kappa shape index (κ3) is 3.70. The van der Waals surface area contributed by atoms with Crippen molar-refractivity contribution in [2.45, 2.75) is 38.6 Å². The molecule has 17 heavy (non-hydrogen) atoms. The van der Waals surface area contributed by atoms with Crippen LogP contribution in [0.5, 0.6) is 5.75 Å². The normalized spacial score (nSPS) is 16.8. The summed E-state index contributed by atoms with van der Waals surface area (Å²) >= 11 is 0. The number of aromatic nitrogens is 1. The quantitative estimate of drug-likeness (QED) is 0.786. The molecule has 2 rings (SSSR count). The van der Waals surface area contributed by atoms with E-state index in [0.717, 1.165) is 18.1 Å². The maximum Gasteiger partial charge on any atom is 0.137 e. The van der Waals surface area contributed by atoms with Crippen molar-refractivity contribution in [3.63, 3.8) is 0 Å². The van der Waals surface area contributed by atoms with Crippen molar-refractivity contribution < 1.29 is 4.74 Å². The summed E-state index contributed by atoms with van der Waals surface area (Å²) in [5.74, 6) is 1.79. The zero-order valence-corrected chi connectivity index (χ0v) is 10.8.